The van der Waals surface area contributed by atoms with Gasteiger partial charge in [-0.3, -0.25) is 18.7 Å². The number of carbonyl (C=O) groups is 2. The van der Waals surface area contributed by atoms with Gasteiger partial charge in [0.2, 0.25) is 0 Å². The standard InChI is InChI=1S/C41H30N6O9S2.Na/c1-24-19-29(12-16-36(24)46-45-30-11-14-33-27(20-30)21-32(23-39(33)48)58(54,55)56)44-47-38-18-17-37(34-15-13-31(22-35(34)38)57(51,52)53)43-41(50)26-7-9-28(10-8-26)42-40(49)25-5-3-2-4-6-25;/h2-23,48H,1H3,(H,42,49)(H,43,50)(H,51,52,53)(H,54,55,56);/q;+1. The Kier molecular flexibility index (Phi) is 12.5. The van der Waals surface area contributed by atoms with Crippen molar-refractivity contribution in [3.63, 3.8) is 0 Å². The van der Waals surface area contributed by atoms with Crippen molar-refractivity contribution in [2.75, 3.05) is 10.6 Å². The Hall–Kier alpha value is -6.18. The summed E-state index contributed by atoms with van der Waals surface area (Å²) in [6.07, 6.45) is 0. The van der Waals surface area contributed by atoms with Crippen molar-refractivity contribution in [3.8, 4) is 5.75 Å². The van der Waals surface area contributed by atoms with Crippen molar-refractivity contribution in [3.05, 3.63) is 150 Å². The number of aryl methyl sites for hydroxylation is 1. The zero-order valence-electron chi connectivity index (χ0n) is 31.1. The summed E-state index contributed by atoms with van der Waals surface area (Å²) < 4.78 is 66.6. The van der Waals surface area contributed by atoms with Crippen LogP contribution in [-0.4, -0.2) is 42.9 Å². The summed E-state index contributed by atoms with van der Waals surface area (Å²) >= 11 is 0. The predicted molar refractivity (Wildman–Crippen MR) is 218 cm³/mol. The molecular weight excluding hydrogens is 808 g/mol. The average Bonchev–Trinajstić information content (AvgIpc) is 3.19. The molecule has 0 radical (unpaired) electrons. The summed E-state index contributed by atoms with van der Waals surface area (Å²) in [4.78, 5) is 25.0. The first kappa shape index (κ1) is 42.4. The van der Waals surface area contributed by atoms with Gasteiger partial charge in [-0.15, -0.1) is 5.11 Å². The van der Waals surface area contributed by atoms with Crippen molar-refractivity contribution in [1.29, 1.82) is 0 Å². The molecule has 7 aromatic carbocycles. The SMILES string of the molecule is Cc1cc(N=Nc2ccc(NC(=O)c3ccc(NC(=O)c4ccccc4)cc3)c3ccc(S(=O)(=O)O)cc23)ccc1N=Nc1ccc2c(O)cc(S(=O)(=O)O)cc2c1.[Na+]. The fourth-order valence-electron chi connectivity index (χ4n) is 5.92. The van der Waals surface area contributed by atoms with Crippen LogP contribution in [-0.2, 0) is 20.2 Å². The number of phenolic OH excluding ortho intramolecular Hbond substituents is 1. The summed E-state index contributed by atoms with van der Waals surface area (Å²) in [6, 6.07) is 33.7. The quantitative estimate of drug-likeness (QED) is 0.0550. The molecule has 0 fully saturated rings. The number of azo groups is 2. The molecule has 18 heteroatoms. The zero-order chi connectivity index (χ0) is 41.2. The molecule has 15 nitrogen and oxygen atoms in total. The van der Waals surface area contributed by atoms with Crippen molar-refractivity contribution < 1.29 is 70.2 Å². The number of hydrogen-bond acceptors (Lipinski definition) is 11. The zero-order valence-corrected chi connectivity index (χ0v) is 34.7. The number of amides is 2. The summed E-state index contributed by atoms with van der Waals surface area (Å²) in [7, 11) is -9.15. The van der Waals surface area contributed by atoms with Crippen LogP contribution in [0.5, 0.6) is 5.75 Å². The van der Waals surface area contributed by atoms with Crippen molar-refractivity contribution in [1.82, 2.24) is 0 Å². The van der Waals surface area contributed by atoms with E-state index in [1.54, 1.807) is 97.9 Å². The Bertz CT molecular complexity index is 3070. The minimum absolute atomic E-state index is 0. The molecule has 0 bridgehead atoms. The molecule has 0 spiro atoms. The molecule has 0 heterocycles. The third kappa shape index (κ3) is 9.93. The maximum atomic E-state index is 13.3. The molecule has 0 aliphatic heterocycles. The van der Waals surface area contributed by atoms with E-state index >= 15 is 0 Å². The Morgan fingerprint density at radius 2 is 1.14 bits per heavy atom. The van der Waals surface area contributed by atoms with Gasteiger partial charge in [0.1, 0.15) is 5.75 Å². The average molecular weight is 838 g/mol. The number of hydrogen-bond donors (Lipinski definition) is 5. The monoisotopic (exact) mass is 837 g/mol. The van der Waals surface area contributed by atoms with Gasteiger partial charge in [0.05, 0.1) is 32.5 Å². The van der Waals surface area contributed by atoms with Crippen LogP contribution in [0, 0.1) is 6.92 Å². The van der Waals surface area contributed by atoms with E-state index in [0.29, 0.717) is 55.7 Å². The second-order valence-corrected chi connectivity index (χ2v) is 15.7. The van der Waals surface area contributed by atoms with E-state index in [4.69, 9.17) is 0 Å². The van der Waals surface area contributed by atoms with Gasteiger partial charge in [0, 0.05) is 44.7 Å². The van der Waals surface area contributed by atoms with E-state index < -0.39 is 31.0 Å². The molecule has 0 saturated carbocycles. The number of phenols is 1. The molecule has 2 amide bonds. The number of benzene rings is 7. The molecule has 290 valence electrons. The number of nitrogens with one attached hydrogen (secondary N) is 2. The van der Waals surface area contributed by atoms with Gasteiger partial charge < -0.3 is 15.7 Å². The van der Waals surface area contributed by atoms with Crippen molar-refractivity contribution in [2.24, 2.45) is 20.5 Å². The van der Waals surface area contributed by atoms with Crippen LogP contribution in [0.4, 0.5) is 34.1 Å². The molecule has 7 rings (SSSR count). The molecule has 5 N–H and O–H groups in total. The Morgan fingerprint density at radius 3 is 1.81 bits per heavy atom. The molecular formula is C41H30N6NaO9S2+. The van der Waals surface area contributed by atoms with E-state index in [9.17, 15) is 40.6 Å². The number of aromatic hydroxyl groups is 1. The van der Waals surface area contributed by atoms with Crippen molar-refractivity contribution >= 4 is 87.7 Å². The van der Waals surface area contributed by atoms with E-state index in [1.807, 2.05) is 0 Å². The number of anilines is 2. The van der Waals surface area contributed by atoms with Crippen LogP contribution in [0.15, 0.2) is 164 Å². The normalized spacial score (nSPS) is 11.8. The van der Waals surface area contributed by atoms with Gasteiger partial charge in [0.15, 0.2) is 0 Å². The van der Waals surface area contributed by atoms with Gasteiger partial charge in [-0.1, -0.05) is 24.3 Å². The largest absolute Gasteiger partial charge is 1.00 e. The van der Waals surface area contributed by atoms with Gasteiger partial charge in [-0.25, -0.2) is 0 Å². The van der Waals surface area contributed by atoms with E-state index in [-0.39, 0.29) is 62.7 Å². The first-order chi connectivity index (χ1) is 27.6. The summed E-state index contributed by atoms with van der Waals surface area (Å²) in [5, 5.41) is 34.4. The molecule has 0 aliphatic carbocycles. The molecule has 0 aromatic heterocycles. The maximum absolute atomic E-state index is 13.3. The Morgan fingerprint density at radius 1 is 0.542 bits per heavy atom. The number of rotatable bonds is 10. The smallest absolute Gasteiger partial charge is 0.507 e. The number of nitrogens with zero attached hydrogens (tertiary/aromatic N) is 4. The van der Waals surface area contributed by atoms with Crippen molar-refractivity contribution in [2.45, 2.75) is 16.7 Å². The fourth-order valence-corrected chi connectivity index (χ4v) is 6.96. The topological polar surface area (TPSA) is 237 Å². The molecule has 0 unspecified atom stereocenters. The third-order valence-electron chi connectivity index (χ3n) is 8.86. The minimum Gasteiger partial charge on any atom is -0.507 e. The van der Waals surface area contributed by atoms with Crippen LogP contribution in [0.2, 0.25) is 0 Å². The third-order valence-corrected chi connectivity index (χ3v) is 10.5. The molecule has 7 aromatic rings. The van der Waals surface area contributed by atoms with Crippen LogP contribution in [0.3, 0.4) is 0 Å². The minimum atomic E-state index is -4.60. The summed E-state index contributed by atoms with van der Waals surface area (Å²) in [5.41, 5.74) is 3.72. The maximum Gasteiger partial charge on any atom is 1.00 e. The second-order valence-electron chi connectivity index (χ2n) is 12.9. The number of fused-ring (bicyclic) bond motifs is 2. The first-order valence-electron chi connectivity index (χ1n) is 17.1. The number of carbonyl (C=O) groups excluding carboxylic acids is 2. The van der Waals surface area contributed by atoms with Crippen LogP contribution in [0.25, 0.3) is 21.5 Å². The molecule has 0 atom stereocenters. The van der Waals surface area contributed by atoms with E-state index in [2.05, 4.69) is 31.1 Å². The van der Waals surface area contributed by atoms with Gasteiger partial charge >= 0.3 is 29.6 Å². The van der Waals surface area contributed by atoms with Crippen LogP contribution >= 0.6 is 0 Å². The Labute approximate surface area is 359 Å². The predicted octanol–water partition coefficient (Wildman–Crippen LogP) is 6.84. The molecule has 59 heavy (non-hydrogen) atoms. The molecule has 0 saturated heterocycles. The fraction of sp³-hybridized carbons (Fsp3) is 0.0244. The Balaban J connectivity index is 0.00000585. The second kappa shape index (κ2) is 17.4. The summed E-state index contributed by atoms with van der Waals surface area (Å²) in [6.45, 7) is 1.77. The van der Waals surface area contributed by atoms with Crippen LogP contribution < -0.4 is 40.2 Å². The molecule has 0 aliphatic rings. The van der Waals surface area contributed by atoms with E-state index in [1.165, 1.54) is 36.4 Å². The van der Waals surface area contributed by atoms with Gasteiger partial charge in [-0.05, 0) is 121 Å². The van der Waals surface area contributed by atoms with E-state index in [0.717, 1.165) is 6.07 Å². The summed E-state index contributed by atoms with van der Waals surface area (Å²) in [5.74, 6) is -1.10. The van der Waals surface area contributed by atoms with Gasteiger partial charge in [0.25, 0.3) is 32.1 Å². The van der Waals surface area contributed by atoms with Gasteiger partial charge in [-0.2, -0.15) is 32.2 Å². The first-order valence-corrected chi connectivity index (χ1v) is 20.0. The van der Waals surface area contributed by atoms with Crippen LogP contribution in [0.1, 0.15) is 26.3 Å².